The molecule has 1 heterocycles. The number of aromatic carboxylic acids is 1. The monoisotopic (exact) mass is 225 g/mol. The maximum atomic E-state index is 11.3. The number of aromatic nitrogens is 1. The summed E-state index contributed by atoms with van der Waals surface area (Å²) in [5.74, 6) is -1.75. The Balaban J connectivity index is 3.08. The minimum atomic E-state index is -1.22. The van der Waals surface area contributed by atoms with Crippen molar-refractivity contribution < 1.29 is 24.2 Å². The number of esters is 1. The van der Waals surface area contributed by atoms with Gasteiger partial charge in [-0.1, -0.05) is 0 Å². The summed E-state index contributed by atoms with van der Waals surface area (Å²) in [7, 11) is 1.30. The van der Waals surface area contributed by atoms with Gasteiger partial charge in [-0.25, -0.2) is 14.6 Å². The minimum absolute atomic E-state index is 0.0260. The van der Waals surface area contributed by atoms with Crippen molar-refractivity contribution in [2.75, 3.05) is 13.7 Å². The number of rotatable bonds is 4. The summed E-state index contributed by atoms with van der Waals surface area (Å²) in [5, 5.41) is 8.77. The highest BCUT2D eigenvalue weighted by atomic mass is 16.5. The number of carbonyl (C=O) groups excluding carboxylic acids is 1. The van der Waals surface area contributed by atoms with Gasteiger partial charge in [-0.05, 0) is 13.0 Å². The summed E-state index contributed by atoms with van der Waals surface area (Å²) in [6.07, 6.45) is 1.14. The molecule has 86 valence electrons. The van der Waals surface area contributed by atoms with Gasteiger partial charge in [0.05, 0.1) is 19.3 Å². The van der Waals surface area contributed by atoms with Gasteiger partial charge >= 0.3 is 11.9 Å². The number of pyridine rings is 1. The first kappa shape index (κ1) is 12.0. The van der Waals surface area contributed by atoms with Crippen LogP contribution in [0.25, 0.3) is 0 Å². The van der Waals surface area contributed by atoms with Gasteiger partial charge in [-0.2, -0.15) is 0 Å². The third-order valence-corrected chi connectivity index (χ3v) is 1.79. The molecule has 1 N–H and O–H groups in total. The van der Waals surface area contributed by atoms with Crippen molar-refractivity contribution in [2.24, 2.45) is 0 Å². The van der Waals surface area contributed by atoms with Crippen LogP contribution in [0.5, 0.6) is 5.75 Å². The molecule has 6 nitrogen and oxygen atoms in total. The Hall–Kier alpha value is -2.11. The van der Waals surface area contributed by atoms with Gasteiger partial charge in [-0.15, -0.1) is 0 Å². The Morgan fingerprint density at radius 3 is 2.69 bits per heavy atom. The van der Waals surface area contributed by atoms with Crippen LogP contribution < -0.4 is 4.74 Å². The largest absolute Gasteiger partial charge is 0.494 e. The first-order valence-electron chi connectivity index (χ1n) is 4.54. The number of carboxylic acids is 1. The van der Waals surface area contributed by atoms with Crippen LogP contribution in [0.3, 0.4) is 0 Å². The molecule has 0 spiro atoms. The predicted molar refractivity (Wildman–Crippen MR) is 53.7 cm³/mol. The van der Waals surface area contributed by atoms with Gasteiger partial charge in [0, 0.05) is 6.20 Å². The van der Waals surface area contributed by atoms with Crippen LogP contribution in [0.4, 0.5) is 0 Å². The van der Waals surface area contributed by atoms with E-state index in [0.29, 0.717) is 0 Å². The van der Waals surface area contributed by atoms with E-state index in [-0.39, 0.29) is 23.6 Å². The predicted octanol–water partition coefficient (Wildman–Crippen LogP) is 0.965. The molecule has 1 rings (SSSR count). The molecule has 6 heteroatoms. The quantitative estimate of drug-likeness (QED) is 0.768. The zero-order chi connectivity index (χ0) is 12.1. The lowest BCUT2D eigenvalue weighted by Gasteiger charge is -2.06. The smallest absolute Gasteiger partial charge is 0.358 e. The van der Waals surface area contributed by atoms with Crippen LogP contribution >= 0.6 is 0 Å². The lowest BCUT2D eigenvalue weighted by atomic mass is 10.2. The molecule has 0 atom stereocenters. The number of hydrogen-bond donors (Lipinski definition) is 1. The Bertz CT molecular complexity index is 416. The van der Waals surface area contributed by atoms with E-state index in [1.165, 1.54) is 13.2 Å². The molecule has 0 fully saturated rings. The fourth-order valence-electron chi connectivity index (χ4n) is 1.09. The number of carbonyl (C=O) groups is 2. The van der Waals surface area contributed by atoms with E-state index in [9.17, 15) is 9.59 Å². The molecule has 0 radical (unpaired) electrons. The first-order chi connectivity index (χ1) is 7.60. The highest BCUT2D eigenvalue weighted by Gasteiger charge is 2.16. The van der Waals surface area contributed by atoms with E-state index in [1.807, 2.05) is 0 Å². The highest BCUT2D eigenvalue weighted by molar-refractivity contribution is 5.93. The van der Waals surface area contributed by atoms with Crippen molar-refractivity contribution in [3.05, 3.63) is 23.5 Å². The molecule has 0 aromatic carbocycles. The molecule has 0 saturated carbocycles. The van der Waals surface area contributed by atoms with Gasteiger partial charge in [0.15, 0.2) is 11.4 Å². The standard InChI is InChI=1S/C10H11NO5/c1-3-16-10(14)6-4-7(15-2)8(9(12)13)11-5-6/h4-5H,3H2,1-2H3,(H,12,13). The van der Waals surface area contributed by atoms with Crippen LogP contribution in [0.2, 0.25) is 0 Å². The summed E-state index contributed by atoms with van der Waals surface area (Å²) in [4.78, 5) is 25.7. The van der Waals surface area contributed by atoms with E-state index in [2.05, 4.69) is 4.98 Å². The highest BCUT2D eigenvalue weighted by Crippen LogP contribution is 2.17. The number of methoxy groups -OCH3 is 1. The first-order valence-corrected chi connectivity index (χ1v) is 4.54. The van der Waals surface area contributed by atoms with Gasteiger partial charge in [-0.3, -0.25) is 0 Å². The average Bonchev–Trinajstić information content (AvgIpc) is 2.28. The average molecular weight is 225 g/mol. The van der Waals surface area contributed by atoms with Crippen molar-refractivity contribution in [2.45, 2.75) is 6.92 Å². The summed E-state index contributed by atoms with van der Waals surface area (Å²) >= 11 is 0. The number of carboxylic acid groups (broad SMARTS) is 1. The fourth-order valence-corrected chi connectivity index (χ4v) is 1.09. The SMILES string of the molecule is CCOC(=O)c1cnc(C(=O)O)c(OC)c1. The lowest BCUT2D eigenvalue weighted by molar-refractivity contribution is 0.0523. The normalized spacial score (nSPS) is 9.62. The van der Waals surface area contributed by atoms with Crippen molar-refractivity contribution in [1.29, 1.82) is 0 Å². The molecule has 0 amide bonds. The van der Waals surface area contributed by atoms with Gasteiger partial charge in [0.1, 0.15) is 0 Å². The Labute approximate surface area is 91.8 Å². The molecule has 0 aliphatic rings. The maximum Gasteiger partial charge on any atom is 0.358 e. The molecule has 16 heavy (non-hydrogen) atoms. The maximum absolute atomic E-state index is 11.3. The fraction of sp³-hybridized carbons (Fsp3) is 0.300. The topological polar surface area (TPSA) is 85.7 Å². The van der Waals surface area contributed by atoms with Crippen molar-refractivity contribution in [1.82, 2.24) is 4.98 Å². The van der Waals surface area contributed by atoms with Gasteiger partial charge in [0.2, 0.25) is 0 Å². The zero-order valence-corrected chi connectivity index (χ0v) is 8.89. The third kappa shape index (κ3) is 2.47. The van der Waals surface area contributed by atoms with Crippen molar-refractivity contribution >= 4 is 11.9 Å². The molecule has 1 aromatic rings. The second-order valence-corrected chi connectivity index (χ2v) is 2.80. The Kier molecular flexibility index (Phi) is 3.82. The Morgan fingerprint density at radius 1 is 1.50 bits per heavy atom. The van der Waals surface area contributed by atoms with Crippen LogP contribution in [0, 0.1) is 0 Å². The Morgan fingerprint density at radius 2 is 2.19 bits per heavy atom. The van der Waals surface area contributed by atoms with Gasteiger partial charge < -0.3 is 14.6 Å². The van der Waals surface area contributed by atoms with Crippen molar-refractivity contribution in [3.63, 3.8) is 0 Å². The van der Waals surface area contributed by atoms with Crippen molar-refractivity contribution in [3.8, 4) is 5.75 Å². The van der Waals surface area contributed by atoms with Crippen LogP contribution in [-0.4, -0.2) is 35.7 Å². The van der Waals surface area contributed by atoms with E-state index < -0.39 is 11.9 Å². The van der Waals surface area contributed by atoms with Crippen LogP contribution in [0.1, 0.15) is 27.8 Å². The number of ether oxygens (including phenoxy) is 2. The molecular weight excluding hydrogens is 214 g/mol. The number of nitrogens with zero attached hydrogens (tertiary/aromatic N) is 1. The summed E-state index contributed by atoms with van der Waals surface area (Å²) in [6.45, 7) is 1.91. The minimum Gasteiger partial charge on any atom is -0.494 e. The summed E-state index contributed by atoms with van der Waals surface area (Å²) in [6, 6.07) is 1.29. The second-order valence-electron chi connectivity index (χ2n) is 2.80. The molecule has 0 saturated heterocycles. The summed E-state index contributed by atoms with van der Waals surface area (Å²) < 4.78 is 9.57. The molecule has 0 unspecified atom stereocenters. The molecular formula is C10H11NO5. The molecule has 1 aromatic heterocycles. The summed E-state index contributed by atoms with van der Waals surface area (Å²) in [5.41, 5.74) is -0.0840. The van der Waals surface area contributed by atoms with Crippen LogP contribution in [-0.2, 0) is 4.74 Å². The van der Waals surface area contributed by atoms with E-state index >= 15 is 0 Å². The van der Waals surface area contributed by atoms with Gasteiger partial charge in [0.25, 0.3) is 0 Å². The van der Waals surface area contributed by atoms with E-state index in [0.717, 1.165) is 6.20 Å². The molecule has 0 bridgehead atoms. The lowest BCUT2D eigenvalue weighted by Crippen LogP contribution is -2.09. The second kappa shape index (κ2) is 5.11. The third-order valence-electron chi connectivity index (χ3n) is 1.79. The van der Waals surface area contributed by atoms with E-state index in [4.69, 9.17) is 14.6 Å². The molecule has 0 aliphatic heterocycles. The van der Waals surface area contributed by atoms with Crippen LogP contribution in [0.15, 0.2) is 12.3 Å². The van der Waals surface area contributed by atoms with E-state index in [1.54, 1.807) is 6.92 Å². The zero-order valence-electron chi connectivity index (χ0n) is 8.89. The number of hydrogen-bond acceptors (Lipinski definition) is 5. The molecule has 0 aliphatic carbocycles.